The van der Waals surface area contributed by atoms with Crippen molar-refractivity contribution in [2.45, 2.75) is 35.8 Å². The van der Waals surface area contributed by atoms with Crippen LogP contribution in [0.4, 0.5) is 57.1 Å². The molecule has 4 nitrogen and oxygen atoms in total. The lowest BCUT2D eigenvalue weighted by Crippen LogP contribution is -2.70. The van der Waals surface area contributed by atoms with Crippen molar-refractivity contribution >= 4 is 10.1 Å². The Balaban J connectivity index is 0. The topological polar surface area (TPSA) is 93.7 Å². The average molecular weight is 431 g/mol. The summed E-state index contributed by atoms with van der Waals surface area (Å²) in [6, 6.07) is 0. The molecule has 0 fully saturated rings. The summed E-state index contributed by atoms with van der Waals surface area (Å²) in [5.74, 6) is -42.6. The molecule has 0 spiro atoms. The van der Waals surface area contributed by atoms with Crippen LogP contribution < -0.4 is 6.15 Å². The van der Waals surface area contributed by atoms with Crippen LogP contribution in [0.2, 0.25) is 0 Å². The predicted molar refractivity (Wildman–Crippen MR) is 51.3 cm³/mol. The number of hydrogen-bond donors (Lipinski definition) is 1. The largest absolute Gasteiger partial charge is 0.748 e. The molecule has 0 radical (unpaired) electrons. The zero-order valence-electron chi connectivity index (χ0n) is 11.3. The molecule has 0 aliphatic rings. The fraction of sp³-hybridized carbons (Fsp3) is 1.00. The quantitative estimate of drug-likeness (QED) is 0.514. The van der Waals surface area contributed by atoms with Crippen molar-refractivity contribution in [3.05, 3.63) is 0 Å². The molecule has 0 atom stereocenters. The summed E-state index contributed by atoms with van der Waals surface area (Å²) in [4.78, 5) is 0. The second-order valence-corrected chi connectivity index (χ2v) is 5.61. The Morgan fingerprint density at radius 2 is 0.880 bits per heavy atom. The van der Waals surface area contributed by atoms with E-state index in [1.165, 1.54) is 0 Å². The number of rotatable bonds is 6. The van der Waals surface area contributed by atoms with Crippen LogP contribution in [0.5, 0.6) is 0 Å². The van der Waals surface area contributed by atoms with Crippen molar-refractivity contribution in [3.8, 4) is 0 Å². The molecule has 0 aliphatic heterocycles. The fourth-order valence-electron chi connectivity index (χ4n) is 1.11. The molecule has 0 aromatic carbocycles. The fourth-order valence-corrected chi connectivity index (χ4v) is 1.74. The molecule has 0 amide bonds. The standard InChI is InChI=1S/C7H3F13O3S.H3N/c8-2(9,1-24(21,22)23)3(10,11)4(12,13)5(14,15)6(16,17)7(18,19)20;/h1H2,(H,21,22,23);1H3. The second kappa shape index (κ2) is 6.29. The highest BCUT2D eigenvalue weighted by Crippen LogP contribution is 2.60. The number of hydrogen-bond acceptors (Lipinski definition) is 3. The van der Waals surface area contributed by atoms with Crippen molar-refractivity contribution < 1.29 is 70.0 Å². The Morgan fingerprint density at radius 3 is 1.12 bits per heavy atom. The summed E-state index contributed by atoms with van der Waals surface area (Å²) in [5, 5.41) is 0. The lowest BCUT2D eigenvalue weighted by Gasteiger charge is -2.39. The van der Waals surface area contributed by atoms with Crippen LogP contribution in [0.25, 0.3) is 0 Å². The van der Waals surface area contributed by atoms with Crippen LogP contribution in [0.3, 0.4) is 0 Å². The molecule has 0 aliphatic carbocycles. The Bertz CT molecular complexity index is 581. The van der Waals surface area contributed by atoms with Crippen molar-refractivity contribution in [3.63, 3.8) is 0 Å². The number of alkyl halides is 13. The summed E-state index contributed by atoms with van der Waals surface area (Å²) in [6.07, 6.45) is -7.56. The molecule has 0 bridgehead atoms. The first-order valence-corrected chi connectivity index (χ1v) is 6.43. The maximum absolute atomic E-state index is 12.8. The van der Waals surface area contributed by atoms with Gasteiger partial charge in [0.25, 0.3) is 0 Å². The molecule has 18 heteroatoms. The van der Waals surface area contributed by atoms with Gasteiger partial charge in [0.2, 0.25) is 0 Å². The number of quaternary nitrogens is 1. The summed E-state index contributed by atoms with van der Waals surface area (Å²) in [6.45, 7) is 0. The third-order valence-corrected chi connectivity index (χ3v) is 3.07. The first-order chi connectivity index (χ1) is 9.96. The third-order valence-electron chi connectivity index (χ3n) is 2.36. The van der Waals surface area contributed by atoms with Gasteiger partial charge in [-0.15, -0.1) is 0 Å². The zero-order chi connectivity index (χ0) is 20.2. The predicted octanol–water partition coefficient (Wildman–Crippen LogP) is 3.65. The molecular formula is C7H6F13NO3S. The maximum Gasteiger partial charge on any atom is 0.460 e. The van der Waals surface area contributed by atoms with Crippen LogP contribution in [0, 0.1) is 0 Å². The molecular weight excluding hydrogens is 425 g/mol. The summed E-state index contributed by atoms with van der Waals surface area (Å²) >= 11 is 0. The van der Waals surface area contributed by atoms with Crippen LogP contribution in [-0.2, 0) is 10.1 Å². The molecule has 0 aromatic rings. The van der Waals surface area contributed by atoms with Gasteiger partial charge in [-0.3, -0.25) is 0 Å². The highest BCUT2D eigenvalue weighted by Gasteiger charge is 2.90. The second-order valence-electron chi connectivity index (χ2n) is 4.20. The zero-order valence-corrected chi connectivity index (χ0v) is 12.1. The monoisotopic (exact) mass is 431 g/mol. The number of halogens is 13. The van der Waals surface area contributed by atoms with E-state index in [1.807, 2.05) is 0 Å². The molecule has 4 N–H and O–H groups in total. The van der Waals surface area contributed by atoms with Crippen molar-refractivity contribution in [1.29, 1.82) is 0 Å². The third kappa shape index (κ3) is 4.04. The first kappa shape index (κ1) is 26.2. The summed E-state index contributed by atoms with van der Waals surface area (Å²) in [5.41, 5.74) is 0. The molecule has 0 aromatic heterocycles. The Kier molecular flexibility index (Phi) is 6.59. The molecule has 154 valence electrons. The van der Waals surface area contributed by atoms with Crippen LogP contribution in [0.15, 0.2) is 0 Å². The Hall–Kier alpha value is -1.04. The minimum Gasteiger partial charge on any atom is -0.748 e. The SMILES string of the molecule is O=S(=O)([O-])CC(F)(F)C(F)(F)C(F)(F)C(F)(F)C(F)(F)C(F)(F)F.[NH4+]. The van der Waals surface area contributed by atoms with E-state index in [4.69, 9.17) is 0 Å². The van der Waals surface area contributed by atoms with Gasteiger partial charge in [0.15, 0.2) is 0 Å². The van der Waals surface area contributed by atoms with E-state index >= 15 is 0 Å². The van der Waals surface area contributed by atoms with Crippen LogP contribution >= 0.6 is 0 Å². The van der Waals surface area contributed by atoms with Gasteiger partial charge in [-0.1, -0.05) is 0 Å². The van der Waals surface area contributed by atoms with E-state index in [2.05, 4.69) is 0 Å². The minimum absolute atomic E-state index is 0. The Labute approximate surface area is 129 Å². The van der Waals surface area contributed by atoms with Gasteiger partial charge in [0.1, 0.15) is 15.9 Å². The highest BCUT2D eigenvalue weighted by atomic mass is 32.2. The van der Waals surface area contributed by atoms with E-state index in [-0.39, 0.29) is 6.15 Å². The van der Waals surface area contributed by atoms with Crippen LogP contribution in [-0.4, -0.2) is 54.5 Å². The first-order valence-electron chi connectivity index (χ1n) is 4.85. The normalized spacial score (nSPS) is 15.8. The van der Waals surface area contributed by atoms with E-state index in [9.17, 15) is 70.0 Å². The van der Waals surface area contributed by atoms with E-state index in [1.54, 1.807) is 0 Å². The smallest absolute Gasteiger partial charge is 0.460 e. The van der Waals surface area contributed by atoms with Gasteiger partial charge in [-0.05, 0) is 0 Å². The van der Waals surface area contributed by atoms with Gasteiger partial charge in [0, 0.05) is 0 Å². The molecule has 0 saturated carbocycles. The van der Waals surface area contributed by atoms with Gasteiger partial charge in [-0.2, -0.15) is 57.1 Å². The van der Waals surface area contributed by atoms with Gasteiger partial charge >= 0.3 is 35.8 Å². The molecule has 25 heavy (non-hydrogen) atoms. The van der Waals surface area contributed by atoms with Crippen molar-refractivity contribution in [1.82, 2.24) is 6.15 Å². The lowest BCUT2D eigenvalue weighted by molar-refractivity contribution is -0.438. The van der Waals surface area contributed by atoms with E-state index < -0.39 is 51.7 Å². The molecule has 0 heterocycles. The average Bonchev–Trinajstić information content (AvgIpc) is 2.22. The van der Waals surface area contributed by atoms with Crippen molar-refractivity contribution in [2.75, 3.05) is 5.75 Å². The summed E-state index contributed by atoms with van der Waals surface area (Å²) in [7, 11) is -6.50. The molecule has 0 rings (SSSR count). The molecule has 0 saturated heterocycles. The highest BCUT2D eigenvalue weighted by molar-refractivity contribution is 7.85. The van der Waals surface area contributed by atoms with Crippen molar-refractivity contribution in [2.24, 2.45) is 0 Å². The summed E-state index contributed by atoms with van der Waals surface area (Å²) < 4.78 is 192. The van der Waals surface area contributed by atoms with E-state index in [0.717, 1.165) is 0 Å². The Morgan fingerprint density at radius 1 is 0.600 bits per heavy atom. The van der Waals surface area contributed by atoms with Crippen LogP contribution in [0.1, 0.15) is 0 Å². The lowest BCUT2D eigenvalue weighted by atomic mass is 9.94. The van der Waals surface area contributed by atoms with Gasteiger partial charge in [0.05, 0.1) is 0 Å². The van der Waals surface area contributed by atoms with Gasteiger partial charge in [-0.25, -0.2) is 8.42 Å². The maximum atomic E-state index is 12.8. The van der Waals surface area contributed by atoms with Gasteiger partial charge < -0.3 is 10.7 Å². The van der Waals surface area contributed by atoms with E-state index in [0.29, 0.717) is 0 Å². The minimum atomic E-state index is -8.13. The molecule has 0 unspecified atom stereocenters.